The molecule has 0 radical (unpaired) electrons. The lowest BCUT2D eigenvalue weighted by Gasteiger charge is -2.14. The van der Waals surface area contributed by atoms with Gasteiger partial charge in [0.2, 0.25) is 5.76 Å². The first-order chi connectivity index (χ1) is 10.8. The van der Waals surface area contributed by atoms with Gasteiger partial charge in [-0.1, -0.05) is 47.6 Å². The minimum atomic E-state index is -0.638. The number of carbonyl (C=O) groups is 1. The number of aliphatic hydroxyl groups excluding tert-OH is 1. The Morgan fingerprint density at radius 3 is 2.82 bits per heavy atom. The molecule has 1 heterocycles. The van der Waals surface area contributed by atoms with Gasteiger partial charge in [0, 0.05) is 12.6 Å². The molecule has 5 heteroatoms. The highest BCUT2D eigenvalue weighted by atomic mass is 16.5. The number of nitrogens with zero attached hydrogens (tertiary/aromatic N) is 1. The Kier molecular flexibility index (Phi) is 4.16. The fourth-order valence-electron chi connectivity index (χ4n) is 2.44. The Balaban J connectivity index is 1.64. The lowest BCUT2D eigenvalue weighted by Crippen LogP contribution is -2.25. The Bertz CT molecular complexity index is 763. The third-order valence-electron chi connectivity index (χ3n) is 3.55. The highest BCUT2D eigenvalue weighted by Gasteiger charge is 2.13. The summed E-state index contributed by atoms with van der Waals surface area (Å²) in [6, 6.07) is 15.3. The largest absolute Gasteiger partial charge is 0.388 e. The molecule has 0 aliphatic heterocycles. The second kappa shape index (κ2) is 6.41. The van der Waals surface area contributed by atoms with Crippen molar-refractivity contribution in [3.05, 3.63) is 66.1 Å². The van der Waals surface area contributed by atoms with Crippen LogP contribution in [0.15, 0.2) is 59.3 Å². The van der Waals surface area contributed by atoms with Crippen LogP contribution in [0.2, 0.25) is 0 Å². The van der Waals surface area contributed by atoms with Crippen molar-refractivity contribution < 1.29 is 14.4 Å². The SMILES string of the molecule is O=C(NCCC(O)c1cccc2ccccc12)c1ccno1. The Morgan fingerprint density at radius 1 is 1.18 bits per heavy atom. The summed E-state index contributed by atoms with van der Waals surface area (Å²) in [5, 5.41) is 18.7. The van der Waals surface area contributed by atoms with Crippen LogP contribution in [-0.2, 0) is 0 Å². The number of nitrogens with one attached hydrogen (secondary N) is 1. The number of amides is 1. The van der Waals surface area contributed by atoms with E-state index in [1.54, 1.807) is 0 Å². The van der Waals surface area contributed by atoms with Gasteiger partial charge < -0.3 is 14.9 Å². The summed E-state index contributed by atoms with van der Waals surface area (Å²) >= 11 is 0. The Hall–Kier alpha value is -2.66. The van der Waals surface area contributed by atoms with Crippen LogP contribution >= 0.6 is 0 Å². The van der Waals surface area contributed by atoms with E-state index in [-0.39, 0.29) is 11.7 Å². The van der Waals surface area contributed by atoms with E-state index in [1.165, 1.54) is 12.3 Å². The summed E-state index contributed by atoms with van der Waals surface area (Å²) in [7, 11) is 0. The van der Waals surface area contributed by atoms with Crippen molar-refractivity contribution in [2.75, 3.05) is 6.54 Å². The molecule has 3 aromatic rings. The predicted molar refractivity (Wildman–Crippen MR) is 82.4 cm³/mol. The lowest BCUT2D eigenvalue weighted by molar-refractivity contribution is 0.0906. The molecule has 1 unspecified atom stereocenters. The topological polar surface area (TPSA) is 75.4 Å². The summed E-state index contributed by atoms with van der Waals surface area (Å²) in [5.41, 5.74) is 0.868. The van der Waals surface area contributed by atoms with E-state index in [2.05, 4.69) is 10.5 Å². The zero-order valence-corrected chi connectivity index (χ0v) is 11.9. The van der Waals surface area contributed by atoms with Crippen LogP contribution in [0, 0.1) is 0 Å². The normalized spacial score (nSPS) is 12.2. The molecule has 1 amide bonds. The maximum Gasteiger partial charge on any atom is 0.289 e. The van der Waals surface area contributed by atoms with Crippen molar-refractivity contribution >= 4 is 16.7 Å². The number of hydrogen-bond donors (Lipinski definition) is 2. The van der Waals surface area contributed by atoms with Gasteiger partial charge in [0.25, 0.3) is 5.91 Å². The van der Waals surface area contributed by atoms with E-state index in [4.69, 9.17) is 4.52 Å². The summed E-state index contributed by atoms with van der Waals surface area (Å²) in [5.74, 6) is -0.165. The first kappa shape index (κ1) is 14.3. The quantitative estimate of drug-likeness (QED) is 0.759. The summed E-state index contributed by atoms with van der Waals surface area (Å²) in [6.45, 7) is 0.351. The summed E-state index contributed by atoms with van der Waals surface area (Å²) in [6.07, 6.45) is 1.20. The molecular formula is C17H16N2O3. The molecule has 0 bridgehead atoms. The van der Waals surface area contributed by atoms with Gasteiger partial charge in [0.1, 0.15) is 0 Å². The van der Waals surface area contributed by atoms with E-state index >= 15 is 0 Å². The van der Waals surface area contributed by atoms with Crippen molar-refractivity contribution in [1.29, 1.82) is 0 Å². The third kappa shape index (κ3) is 2.99. The molecule has 3 rings (SSSR count). The number of hydrogen-bond acceptors (Lipinski definition) is 4. The first-order valence-corrected chi connectivity index (χ1v) is 7.10. The van der Waals surface area contributed by atoms with Crippen LogP contribution in [-0.4, -0.2) is 22.7 Å². The number of fused-ring (bicyclic) bond motifs is 1. The average Bonchev–Trinajstić information content (AvgIpc) is 3.08. The van der Waals surface area contributed by atoms with Gasteiger partial charge in [-0.15, -0.1) is 0 Å². The summed E-state index contributed by atoms with van der Waals surface area (Å²) < 4.78 is 4.77. The van der Waals surface area contributed by atoms with Gasteiger partial charge in [-0.05, 0) is 22.8 Å². The molecule has 0 fully saturated rings. The van der Waals surface area contributed by atoms with Gasteiger partial charge in [-0.3, -0.25) is 4.79 Å². The second-order valence-corrected chi connectivity index (χ2v) is 5.01. The van der Waals surface area contributed by atoms with E-state index in [9.17, 15) is 9.90 Å². The van der Waals surface area contributed by atoms with Crippen LogP contribution in [0.25, 0.3) is 10.8 Å². The lowest BCUT2D eigenvalue weighted by atomic mass is 9.99. The van der Waals surface area contributed by atoms with Crippen LogP contribution < -0.4 is 5.32 Å². The van der Waals surface area contributed by atoms with E-state index in [0.29, 0.717) is 13.0 Å². The molecule has 0 aliphatic rings. The van der Waals surface area contributed by atoms with Crippen molar-refractivity contribution in [1.82, 2.24) is 10.5 Å². The van der Waals surface area contributed by atoms with Crippen LogP contribution in [0.5, 0.6) is 0 Å². The highest BCUT2D eigenvalue weighted by Crippen LogP contribution is 2.25. The molecule has 5 nitrogen and oxygen atoms in total. The highest BCUT2D eigenvalue weighted by molar-refractivity contribution is 5.91. The Morgan fingerprint density at radius 2 is 2.00 bits per heavy atom. The molecule has 0 saturated heterocycles. The molecule has 0 saturated carbocycles. The average molecular weight is 296 g/mol. The third-order valence-corrected chi connectivity index (χ3v) is 3.55. The molecule has 2 aromatic carbocycles. The Labute approximate surface area is 127 Å². The van der Waals surface area contributed by atoms with Crippen molar-refractivity contribution in [2.45, 2.75) is 12.5 Å². The van der Waals surface area contributed by atoms with Gasteiger partial charge in [0.15, 0.2) is 0 Å². The predicted octanol–water partition coefficient (Wildman–Crippen LogP) is 2.68. The molecular weight excluding hydrogens is 280 g/mol. The van der Waals surface area contributed by atoms with Gasteiger partial charge in [-0.2, -0.15) is 0 Å². The molecule has 1 aromatic heterocycles. The van der Waals surface area contributed by atoms with E-state index < -0.39 is 6.10 Å². The van der Waals surface area contributed by atoms with Gasteiger partial charge in [-0.25, -0.2) is 0 Å². The van der Waals surface area contributed by atoms with Crippen LogP contribution in [0.3, 0.4) is 0 Å². The molecule has 0 spiro atoms. The molecule has 1 atom stereocenters. The maximum atomic E-state index is 11.7. The second-order valence-electron chi connectivity index (χ2n) is 5.01. The van der Waals surface area contributed by atoms with Gasteiger partial charge in [0.05, 0.1) is 12.3 Å². The standard InChI is InChI=1S/C17H16N2O3/c20-15(8-10-18-17(21)16-9-11-19-22-16)14-7-3-5-12-4-1-2-6-13(12)14/h1-7,9,11,15,20H,8,10H2,(H,18,21). The number of benzene rings is 2. The van der Waals surface area contributed by atoms with Crippen LogP contribution in [0.4, 0.5) is 0 Å². The maximum absolute atomic E-state index is 11.7. The molecule has 2 N–H and O–H groups in total. The minimum absolute atomic E-state index is 0.166. The fourth-order valence-corrected chi connectivity index (χ4v) is 2.44. The molecule has 112 valence electrons. The van der Waals surface area contributed by atoms with Gasteiger partial charge >= 0.3 is 0 Å². The van der Waals surface area contributed by atoms with Crippen molar-refractivity contribution in [3.63, 3.8) is 0 Å². The fraction of sp³-hybridized carbons (Fsp3) is 0.176. The van der Waals surface area contributed by atoms with E-state index in [0.717, 1.165) is 16.3 Å². The summed E-state index contributed by atoms with van der Waals surface area (Å²) in [4.78, 5) is 11.7. The first-order valence-electron chi connectivity index (χ1n) is 7.10. The zero-order valence-electron chi connectivity index (χ0n) is 11.9. The van der Waals surface area contributed by atoms with Crippen LogP contribution in [0.1, 0.15) is 28.6 Å². The zero-order chi connectivity index (χ0) is 15.4. The number of rotatable bonds is 5. The monoisotopic (exact) mass is 296 g/mol. The number of aliphatic hydroxyl groups is 1. The number of carbonyl (C=O) groups excluding carboxylic acids is 1. The van der Waals surface area contributed by atoms with Crippen molar-refractivity contribution in [3.8, 4) is 0 Å². The van der Waals surface area contributed by atoms with Crippen molar-refractivity contribution in [2.24, 2.45) is 0 Å². The number of aromatic nitrogens is 1. The molecule has 22 heavy (non-hydrogen) atoms. The minimum Gasteiger partial charge on any atom is -0.388 e. The molecule has 0 aliphatic carbocycles. The van der Waals surface area contributed by atoms with E-state index in [1.807, 2.05) is 42.5 Å². The smallest absolute Gasteiger partial charge is 0.289 e.